The summed E-state index contributed by atoms with van der Waals surface area (Å²) >= 11 is 0. The fraction of sp³-hybridized carbons (Fsp3) is 0.652. The highest BCUT2D eigenvalue weighted by molar-refractivity contribution is 5.86. The van der Waals surface area contributed by atoms with Crippen molar-refractivity contribution in [3.05, 3.63) is 35.9 Å². The Morgan fingerprint density at radius 2 is 1.77 bits per heavy atom. The Labute approximate surface area is 183 Å². The average molecular weight is 432 g/mol. The second-order valence-electron chi connectivity index (χ2n) is 8.81. The van der Waals surface area contributed by atoms with Crippen LogP contribution in [0.15, 0.2) is 30.3 Å². The van der Waals surface area contributed by atoms with E-state index in [9.17, 15) is 9.59 Å². The maximum Gasteiger partial charge on any atom is 0.251 e. The SMILES string of the molecule is CN1C(=O)COC(C(=O)NCC2(CN3CCOCC3)CCOCC2)C1c1ccccc1. The number of nitrogens with zero attached hydrogens (tertiary/aromatic N) is 2. The van der Waals surface area contributed by atoms with E-state index < -0.39 is 12.1 Å². The summed E-state index contributed by atoms with van der Waals surface area (Å²) in [5.74, 6) is -0.285. The zero-order valence-corrected chi connectivity index (χ0v) is 18.3. The average Bonchev–Trinajstić information content (AvgIpc) is 2.81. The van der Waals surface area contributed by atoms with Crippen LogP contribution in [0.3, 0.4) is 0 Å². The number of hydrogen-bond acceptors (Lipinski definition) is 6. The van der Waals surface area contributed by atoms with E-state index in [4.69, 9.17) is 14.2 Å². The molecule has 0 spiro atoms. The molecule has 8 heteroatoms. The zero-order chi connectivity index (χ0) is 21.7. The van der Waals surface area contributed by atoms with Gasteiger partial charge in [-0.3, -0.25) is 14.5 Å². The molecule has 0 radical (unpaired) electrons. The molecule has 170 valence electrons. The predicted molar refractivity (Wildman–Crippen MR) is 114 cm³/mol. The third-order valence-electron chi connectivity index (χ3n) is 6.74. The summed E-state index contributed by atoms with van der Waals surface area (Å²) in [5.41, 5.74) is 0.872. The first-order chi connectivity index (χ1) is 15.1. The number of ether oxygens (including phenoxy) is 3. The summed E-state index contributed by atoms with van der Waals surface area (Å²) in [4.78, 5) is 29.6. The fourth-order valence-electron chi connectivity index (χ4n) is 4.78. The third-order valence-corrected chi connectivity index (χ3v) is 6.74. The highest BCUT2D eigenvalue weighted by Gasteiger charge is 2.41. The maximum absolute atomic E-state index is 13.3. The summed E-state index contributed by atoms with van der Waals surface area (Å²) in [7, 11) is 1.74. The van der Waals surface area contributed by atoms with Crippen LogP contribution in [-0.4, -0.2) is 94.0 Å². The molecule has 3 aliphatic heterocycles. The van der Waals surface area contributed by atoms with E-state index in [0.717, 1.165) is 51.3 Å². The van der Waals surface area contributed by atoms with Gasteiger partial charge in [0.25, 0.3) is 5.91 Å². The van der Waals surface area contributed by atoms with Crippen molar-refractivity contribution in [1.29, 1.82) is 0 Å². The molecule has 0 aromatic heterocycles. The Morgan fingerprint density at radius 3 is 2.48 bits per heavy atom. The largest absolute Gasteiger partial charge is 0.381 e. The first-order valence-electron chi connectivity index (χ1n) is 11.2. The minimum atomic E-state index is -0.731. The Balaban J connectivity index is 1.45. The smallest absolute Gasteiger partial charge is 0.251 e. The molecule has 2 atom stereocenters. The number of hydrogen-bond donors (Lipinski definition) is 1. The van der Waals surface area contributed by atoms with Crippen molar-refractivity contribution in [1.82, 2.24) is 15.1 Å². The summed E-state index contributed by atoms with van der Waals surface area (Å²) in [6.45, 7) is 6.20. The van der Waals surface area contributed by atoms with Gasteiger partial charge in [-0.15, -0.1) is 0 Å². The lowest BCUT2D eigenvalue weighted by molar-refractivity contribution is -0.162. The monoisotopic (exact) mass is 431 g/mol. The van der Waals surface area contributed by atoms with E-state index in [1.54, 1.807) is 11.9 Å². The highest BCUT2D eigenvalue weighted by atomic mass is 16.5. The number of carbonyl (C=O) groups is 2. The Hall–Kier alpha value is -2.00. The van der Waals surface area contributed by atoms with Gasteiger partial charge >= 0.3 is 0 Å². The summed E-state index contributed by atoms with van der Waals surface area (Å²) in [6.07, 6.45) is 1.10. The van der Waals surface area contributed by atoms with Crippen molar-refractivity contribution in [3.8, 4) is 0 Å². The lowest BCUT2D eigenvalue weighted by Crippen LogP contribution is -2.56. The lowest BCUT2D eigenvalue weighted by Gasteiger charge is -2.43. The molecule has 8 nitrogen and oxygen atoms in total. The molecule has 31 heavy (non-hydrogen) atoms. The second kappa shape index (κ2) is 10.1. The second-order valence-corrected chi connectivity index (χ2v) is 8.81. The Kier molecular flexibility index (Phi) is 7.22. The van der Waals surface area contributed by atoms with Crippen LogP contribution in [0.2, 0.25) is 0 Å². The van der Waals surface area contributed by atoms with E-state index in [0.29, 0.717) is 19.8 Å². The molecule has 1 aromatic carbocycles. The van der Waals surface area contributed by atoms with Crippen molar-refractivity contribution < 1.29 is 23.8 Å². The molecule has 3 saturated heterocycles. The number of carbonyl (C=O) groups excluding carboxylic acids is 2. The maximum atomic E-state index is 13.3. The molecule has 0 saturated carbocycles. The van der Waals surface area contributed by atoms with Crippen LogP contribution in [0.5, 0.6) is 0 Å². The van der Waals surface area contributed by atoms with Crippen molar-refractivity contribution in [2.45, 2.75) is 25.0 Å². The van der Waals surface area contributed by atoms with Crippen LogP contribution in [0.1, 0.15) is 24.4 Å². The highest BCUT2D eigenvalue weighted by Crippen LogP contribution is 2.33. The molecule has 1 N–H and O–H groups in total. The van der Waals surface area contributed by atoms with Crippen molar-refractivity contribution in [2.24, 2.45) is 5.41 Å². The number of amides is 2. The number of nitrogens with one attached hydrogen (secondary N) is 1. The van der Waals surface area contributed by atoms with Gasteiger partial charge in [0.15, 0.2) is 6.10 Å². The standard InChI is InChI=1S/C23H33N3O5/c1-25-19(27)15-31-21(20(25)18-5-3-2-4-6-18)22(28)24-16-23(7-11-29-12-8-23)17-26-9-13-30-14-10-26/h2-6,20-21H,7-17H2,1H3,(H,24,28). The van der Waals surface area contributed by atoms with Gasteiger partial charge in [-0.1, -0.05) is 30.3 Å². The van der Waals surface area contributed by atoms with Crippen LogP contribution in [0.25, 0.3) is 0 Å². The van der Waals surface area contributed by atoms with Crippen LogP contribution < -0.4 is 5.32 Å². The zero-order valence-electron chi connectivity index (χ0n) is 18.3. The number of likely N-dealkylation sites (N-methyl/N-ethyl adjacent to an activating group) is 1. The molecule has 3 heterocycles. The molecule has 0 bridgehead atoms. The van der Waals surface area contributed by atoms with Crippen LogP contribution in [0.4, 0.5) is 0 Å². The predicted octanol–water partition coefficient (Wildman–Crippen LogP) is 0.830. The first kappa shape index (κ1) is 22.2. The minimum absolute atomic E-state index is 0.0239. The van der Waals surface area contributed by atoms with Gasteiger partial charge < -0.3 is 24.4 Å². The van der Waals surface area contributed by atoms with Gasteiger partial charge in [0.2, 0.25) is 5.91 Å². The molecular formula is C23H33N3O5. The van der Waals surface area contributed by atoms with Crippen LogP contribution >= 0.6 is 0 Å². The summed E-state index contributed by atoms with van der Waals surface area (Å²) < 4.78 is 16.9. The molecule has 3 aliphatic rings. The van der Waals surface area contributed by atoms with Gasteiger partial charge in [-0.2, -0.15) is 0 Å². The van der Waals surface area contributed by atoms with Gasteiger partial charge in [0.1, 0.15) is 6.61 Å². The molecule has 2 amide bonds. The molecule has 3 fully saturated rings. The van der Waals surface area contributed by atoms with Crippen molar-refractivity contribution in [3.63, 3.8) is 0 Å². The van der Waals surface area contributed by atoms with Gasteiger partial charge in [0, 0.05) is 51.9 Å². The van der Waals surface area contributed by atoms with E-state index in [1.165, 1.54) is 0 Å². The van der Waals surface area contributed by atoms with Crippen molar-refractivity contribution in [2.75, 3.05) is 66.3 Å². The van der Waals surface area contributed by atoms with E-state index in [1.807, 2.05) is 30.3 Å². The Morgan fingerprint density at radius 1 is 1.10 bits per heavy atom. The molecular weight excluding hydrogens is 398 g/mol. The van der Waals surface area contributed by atoms with E-state index in [-0.39, 0.29) is 23.8 Å². The van der Waals surface area contributed by atoms with Crippen LogP contribution in [-0.2, 0) is 23.8 Å². The van der Waals surface area contributed by atoms with Crippen molar-refractivity contribution >= 4 is 11.8 Å². The molecule has 4 rings (SSSR count). The number of morpholine rings is 2. The lowest BCUT2D eigenvalue weighted by atomic mass is 9.79. The van der Waals surface area contributed by atoms with Crippen LogP contribution in [0, 0.1) is 5.41 Å². The summed E-state index contributed by atoms with van der Waals surface area (Å²) in [6, 6.07) is 9.17. The third kappa shape index (κ3) is 5.26. The first-order valence-corrected chi connectivity index (χ1v) is 11.2. The van der Waals surface area contributed by atoms with Gasteiger partial charge in [0.05, 0.1) is 19.3 Å². The van der Waals surface area contributed by atoms with Gasteiger partial charge in [-0.25, -0.2) is 0 Å². The molecule has 2 unspecified atom stereocenters. The van der Waals surface area contributed by atoms with E-state index >= 15 is 0 Å². The Bertz CT molecular complexity index is 747. The normalized spacial score (nSPS) is 27.1. The van der Waals surface area contributed by atoms with E-state index in [2.05, 4.69) is 10.2 Å². The number of benzene rings is 1. The molecule has 0 aliphatic carbocycles. The summed E-state index contributed by atoms with van der Waals surface area (Å²) in [5, 5.41) is 3.17. The molecule has 1 aromatic rings. The minimum Gasteiger partial charge on any atom is -0.381 e. The fourth-order valence-corrected chi connectivity index (χ4v) is 4.78. The quantitative estimate of drug-likeness (QED) is 0.719. The topological polar surface area (TPSA) is 80.3 Å². The number of rotatable bonds is 6. The van der Waals surface area contributed by atoms with Gasteiger partial charge in [-0.05, 0) is 18.4 Å².